The third kappa shape index (κ3) is 5.00. The number of hydrogen-bond donors (Lipinski definition) is 1. The number of benzene rings is 2. The lowest BCUT2D eigenvalue weighted by molar-refractivity contribution is -0.121. The van der Waals surface area contributed by atoms with E-state index in [1.807, 2.05) is 48.5 Å². The summed E-state index contributed by atoms with van der Waals surface area (Å²) in [6.07, 6.45) is 2.67. The lowest BCUT2D eigenvalue weighted by Gasteiger charge is -2.04. The van der Waals surface area contributed by atoms with Crippen LogP contribution in [-0.2, 0) is 11.2 Å². The number of nitrogens with one attached hydrogen (secondary N) is 1. The van der Waals surface area contributed by atoms with Crippen molar-refractivity contribution in [1.29, 1.82) is 0 Å². The third-order valence-electron chi connectivity index (χ3n) is 3.07. The number of rotatable bonds is 6. The summed E-state index contributed by atoms with van der Waals surface area (Å²) in [4.78, 5) is 11.8. The lowest BCUT2D eigenvalue weighted by Crippen LogP contribution is -2.17. The zero-order valence-corrected chi connectivity index (χ0v) is 13.8. The standard InChI is InChI=1S/C17H17BrN2O2/c1-22-16-9-8-15(18)11-14(16)12-19-20-17(21)10-7-13-5-3-2-4-6-13/h2-6,8-9,11-12H,7,10H2,1H3,(H,20,21). The van der Waals surface area contributed by atoms with Crippen LogP contribution in [0.2, 0.25) is 0 Å². The molecule has 5 heteroatoms. The van der Waals surface area contributed by atoms with Crippen molar-refractivity contribution < 1.29 is 9.53 Å². The first-order chi connectivity index (χ1) is 10.7. The number of halogens is 1. The van der Waals surface area contributed by atoms with Crippen molar-refractivity contribution in [3.05, 3.63) is 64.1 Å². The molecule has 0 heterocycles. The molecule has 0 aliphatic carbocycles. The summed E-state index contributed by atoms with van der Waals surface area (Å²) in [6.45, 7) is 0. The van der Waals surface area contributed by atoms with Gasteiger partial charge in [-0.25, -0.2) is 5.43 Å². The minimum absolute atomic E-state index is 0.117. The van der Waals surface area contributed by atoms with E-state index in [-0.39, 0.29) is 5.91 Å². The second-order valence-electron chi connectivity index (χ2n) is 4.67. The molecular weight excluding hydrogens is 344 g/mol. The molecule has 0 unspecified atom stereocenters. The Morgan fingerprint density at radius 3 is 2.77 bits per heavy atom. The first kappa shape index (κ1) is 16.2. The van der Waals surface area contributed by atoms with Crippen molar-refractivity contribution in [2.75, 3.05) is 7.11 Å². The Bertz CT molecular complexity index is 657. The quantitative estimate of drug-likeness (QED) is 0.632. The fourth-order valence-corrected chi connectivity index (χ4v) is 2.32. The topological polar surface area (TPSA) is 50.7 Å². The molecule has 0 radical (unpaired) electrons. The van der Waals surface area contributed by atoms with Gasteiger partial charge in [-0.2, -0.15) is 5.10 Å². The summed E-state index contributed by atoms with van der Waals surface area (Å²) in [5, 5.41) is 3.98. The first-order valence-electron chi connectivity index (χ1n) is 6.88. The molecule has 2 rings (SSSR count). The summed E-state index contributed by atoms with van der Waals surface area (Å²) in [6, 6.07) is 15.5. The van der Waals surface area contributed by atoms with Gasteiger partial charge in [-0.15, -0.1) is 0 Å². The van der Waals surface area contributed by atoms with Crippen LogP contribution in [0.25, 0.3) is 0 Å². The third-order valence-corrected chi connectivity index (χ3v) is 3.56. The molecule has 0 spiro atoms. The minimum atomic E-state index is -0.117. The van der Waals surface area contributed by atoms with Crippen LogP contribution < -0.4 is 10.2 Å². The highest BCUT2D eigenvalue weighted by molar-refractivity contribution is 9.10. The Morgan fingerprint density at radius 2 is 2.05 bits per heavy atom. The van der Waals surface area contributed by atoms with Crippen molar-refractivity contribution in [2.24, 2.45) is 5.10 Å². The van der Waals surface area contributed by atoms with Gasteiger partial charge in [0.2, 0.25) is 5.91 Å². The molecule has 22 heavy (non-hydrogen) atoms. The molecule has 0 fully saturated rings. The fraction of sp³-hybridized carbons (Fsp3) is 0.176. The van der Waals surface area contributed by atoms with E-state index < -0.39 is 0 Å². The van der Waals surface area contributed by atoms with E-state index in [1.54, 1.807) is 13.3 Å². The highest BCUT2D eigenvalue weighted by Gasteiger charge is 2.02. The highest BCUT2D eigenvalue weighted by atomic mass is 79.9. The SMILES string of the molecule is COc1ccc(Br)cc1C=NNC(=O)CCc1ccccc1. The van der Waals surface area contributed by atoms with Crippen LogP contribution in [-0.4, -0.2) is 19.2 Å². The van der Waals surface area contributed by atoms with Gasteiger partial charge in [0.25, 0.3) is 0 Å². The van der Waals surface area contributed by atoms with Crippen LogP contribution in [0, 0.1) is 0 Å². The lowest BCUT2D eigenvalue weighted by atomic mass is 10.1. The molecular formula is C17H17BrN2O2. The zero-order chi connectivity index (χ0) is 15.8. The number of nitrogens with zero attached hydrogens (tertiary/aromatic N) is 1. The van der Waals surface area contributed by atoms with E-state index in [9.17, 15) is 4.79 Å². The molecule has 0 bridgehead atoms. The average molecular weight is 361 g/mol. The van der Waals surface area contributed by atoms with Gasteiger partial charge in [-0.1, -0.05) is 46.3 Å². The van der Waals surface area contributed by atoms with Crippen LogP contribution >= 0.6 is 15.9 Å². The molecule has 0 saturated heterocycles. The molecule has 1 amide bonds. The van der Waals surface area contributed by atoms with Crippen LogP contribution in [0.5, 0.6) is 5.75 Å². The molecule has 4 nitrogen and oxygen atoms in total. The molecule has 0 aliphatic heterocycles. The van der Waals surface area contributed by atoms with E-state index in [0.29, 0.717) is 18.6 Å². The van der Waals surface area contributed by atoms with E-state index >= 15 is 0 Å². The Hall–Kier alpha value is -2.14. The predicted octanol–water partition coefficient (Wildman–Crippen LogP) is 3.54. The van der Waals surface area contributed by atoms with E-state index in [2.05, 4.69) is 26.5 Å². The van der Waals surface area contributed by atoms with Crippen LogP contribution in [0.3, 0.4) is 0 Å². The summed E-state index contributed by atoms with van der Waals surface area (Å²) in [5.74, 6) is 0.583. The van der Waals surface area contributed by atoms with Crippen molar-refractivity contribution in [3.8, 4) is 5.75 Å². The summed E-state index contributed by atoms with van der Waals surface area (Å²) >= 11 is 3.39. The van der Waals surface area contributed by atoms with E-state index in [4.69, 9.17) is 4.74 Å². The number of aryl methyl sites for hydroxylation is 1. The van der Waals surface area contributed by atoms with Gasteiger partial charge in [0, 0.05) is 16.5 Å². The second kappa shape index (κ2) is 8.34. The van der Waals surface area contributed by atoms with Gasteiger partial charge in [-0.05, 0) is 30.2 Å². The normalized spacial score (nSPS) is 10.6. The second-order valence-corrected chi connectivity index (χ2v) is 5.58. The van der Waals surface area contributed by atoms with Gasteiger partial charge in [0.15, 0.2) is 0 Å². The van der Waals surface area contributed by atoms with Crippen LogP contribution in [0.1, 0.15) is 17.5 Å². The van der Waals surface area contributed by atoms with E-state index in [1.165, 1.54) is 0 Å². The number of methoxy groups -OCH3 is 1. The number of carbonyl (C=O) groups excluding carboxylic acids is 1. The molecule has 2 aromatic carbocycles. The smallest absolute Gasteiger partial charge is 0.240 e. The summed E-state index contributed by atoms with van der Waals surface area (Å²) < 4.78 is 6.16. The Labute approximate surface area is 138 Å². The minimum Gasteiger partial charge on any atom is -0.496 e. The number of carbonyl (C=O) groups is 1. The highest BCUT2D eigenvalue weighted by Crippen LogP contribution is 2.21. The molecule has 0 saturated carbocycles. The number of ether oxygens (including phenoxy) is 1. The van der Waals surface area contributed by atoms with Crippen LogP contribution in [0.4, 0.5) is 0 Å². The number of hydrogen-bond acceptors (Lipinski definition) is 3. The van der Waals surface area contributed by atoms with Gasteiger partial charge in [0.05, 0.1) is 13.3 Å². The van der Waals surface area contributed by atoms with Crippen molar-refractivity contribution in [2.45, 2.75) is 12.8 Å². The number of hydrazone groups is 1. The van der Waals surface area contributed by atoms with Gasteiger partial charge in [0.1, 0.15) is 5.75 Å². The van der Waals surface area contributed by atoms with Crippen LogP contribution in [0.15, 0.2) is 58.1 Å². The number of amides is 1. The first-order valence-corrected chi connectivity index (χ1v) is 7.67. The maximum absolute atomic E-state index is 11.8. The Morgan fingerprint density at radius 1 is 1.27 bits per heavy atom. The molecule has 1 N–H and O–H groups in total. The van der Waals surface area contributed by atoms with Gasteiger partial charge < -0.3 is 4.74 Å². The molecule has 0 aromatic heterocycles. The maximum atomic E-state index is 11.8. The van der Waals surface area contributed by atoms with Crippen molar-refractivity contribution >= 4 is 28.1 Å². The zero-order valence-electron chi connectivity index (χ0n) is 12.3. The summed E-state index contributed by atoms with van der Waals surface area (Å²) in [5.41, 5.74) is 4.46. The molecule has 0 aliphatic rings. The molecule has 2 aromatic rings. The predicted molar refractivity (Wildman–Crippen MR) is 91.2 cm³/mol. The van der Waals surface area contributed by atoms with Gasteiger partial charge >= 0.3 is 0 Å². The molecule has 114 valence electrons. The largest absolute Gasteiger partial charge is 0.496 e. The maximum Gasteiger partial charge on any atom is 0.240 e. The van der Waals surface area contributed by atoms with E-state index in [0.717, 1.165) is 15.6 Å². The Kier molecular flexibility index (Phi) is 6.15. The molecule has 0 atom stereocenters. The average Bonchev–Trinajstić information content (AvgIpc) is 2.54. The monoisotopic (exact) mass is 360 g/mol. The Balaban J connectivity index is 1.87. The van der Waals surface area contributed by atoms with Crippen molar-refractivity contribution in [1.82, 2.24) is 5.43 Å². The fourth-order valence-electron chi connectivity index (χ4n) is 1.94. The summed E-state index contributed by atoms with van der Waals surface area (Å²) in [7, 11) is 1.60. The van der Waals surface area contributed by atoms with Gasteiger partial charge in [-0.3, -0.25) is 4.79 Å². The van der Waals surface area contributed by atoms with Crippen molar-refractivity contribution in [3.63, 3.8) is 0 Å².